The second-order valence-corrected chi connectivity index (χ2v) is 7.13. The lowest BCUT2D eigenvalue weighted by atomic mass is 10.1. The summed E-state index contributed by atoms with van der Waals surface area (Å²) in [4.78, 5) is 32.3. The van der Waals surface area contributed by atoms with Crippen LogP contribution >= 0.6 is 11.6 Å². The topological polar surface area (TPSA) is 55.2 Å². The molecular weight excluding hydrogens is 386 g/mol. The minimum atomic E-state index is -0.376. The van der Waals surface area contributed by atoms with E-state index in [1.54, 1.807) is 37.5 Å². The van der Waals surface area contributed by atoms with Crippen molar-refractivity contribution in [3.63, 3.8) is 0 Å². The van der Waals surface area contributed by atoms with Crippen LogP contribution in [0.15, 0.2) is 83.8 Å². The van der Waals surface area contributed by atoms with E-state index in [2.05, 4.69) is 4.98 Å². The number of para-hydroxylation sites is 1. The van der Waals surface area contributed by atoms with Crippen LogP contribution in [0.1, 0.15) is 15.9 Å². The summed E-state index contributed by atoms with van der Waals surface area (Å²) >= 11 is 5.97. The normalized spacial score (nSPS) is 10.8. The van der Waals surface area contributed by atoms with Crippen molar-refractivity contribution < 1.29 is 4.79 Å². The molecule has 4 aromatic rings. The maximum absolute atomic E-state index is 13.3. The van der Waals surface area contributed by atoms with E-state index in [1.165, 1.54) is 9.47 Å². The molecule has 1 amide bonds. The summed E-state index contributed by atoms with van der Waals surface area (Å²) in [7, 11) is 1.66. The van der Waals surface area contributed by atoms with Crippen molar-refractivity contribution in [2.75, 3.05) is 11.9 Å². The Bertz CT molecular complexity index is 1230. The quantitative estimate of drug-likeness (QED) is 0.508. The van der Waals surface area contributed by atoms with Gasteiger partial charge in [-0.25, -0.2) is 4.98 Å². The lowest BCUT2D eigenvalue weighted by Crippen LogP contribution is -2.35. The van der Waals surface area contributed by atoms with Crippen LogP contribution in [-0.2, 0) is 6.54 Å². The first-order valence-electron chi connectivity index (χ1n) is 9.11. The van der Waals surface area contributed by atoms with Crippen LogP contribution in [0.25, 0.3) is 11.0 Å². The highest BCUT2D eigenvalue weighted by molar-refractivity contribution is 6.30. The number of carbonyl (C=O) groups excluding carboxylic acids is 1. The Hall–Kier alpha value is -3.44. The molecule has 0 spiro atoms. The average molecular weight is 404 g/mol. The van der Waals surface area contributed by atoms with Crippen LogP contribution in [0.3, 0.4) is 0 Å². The van der Waals surface area contributed by atoms with Crippen LogP contribution in [-0.4, -0.2) is 22.5 Å². The minimum absolute atomic E-state index is 0.103. The second kappa shape index (κ2) is 7.89. The first kappa shape index (κ1) is 18.9. The van der Waals surface area contributed by atoms with Crippen molar-refractivity contribution in [1.29, 1.82) is 0 Å². The molecule has 0 radical (unpaired) electrons. The fourth-order valence-corrected chi connectivity index (χ4v) is 3.35. The van der Waals surface area contributed by atoms with Gasteiger partial charge in [-0.15, -0.1) is 0 Å². The number of benzene rings is 2. The summed E-state index contributed by atoms with van der Waals surface area (Å²) in [5.41, 5.74) is 1.87. The van der Waals surface area contributed by atoms with Gasteiger partial charge in [0.25, 0.3) is 11.5 Å². The van der Waals surface area contributed by atoms with E-state index in [0.717, 1.165) is 10.9 Å². The lowest BCUT2D eigenvalue weighted by Gasteiger charge is -2.18. The predicted octanol–water partition coefficient (Wildman–Crippen LogP) is 4.37. The van der Waals surface area contributed by atoms with Gasteiger partial charge in [-0.1, -0.05) is 41.9 Å². The molecule has 0 aliphatic heterocycles. The van der Waals surface area contributed by atoms with E-state index in [9.17, 15) is 9.59 Å². The fourth-order valence-electron chi connectivity index (χ4n) is 3.23. The highest BCUT2D eigenvalue weighted by Crippen LogP contribution is 2.18. The number of fused-ring (bicyclic) bond motifs is 1. The van der Waals surface area contributed by atoms with Crippen molar-refractivity contribution in [3.8, 4) is 0 Å². The van der Waals surface area contributed by atoms with E-state index in [0.29, 0.717) is 22.9 Å². The van der Waals surface area contributed by atoms with Gasteiger partial charge in [-0.05, 0) is 48.0 Å². The number of carbonyl (C=O) groups is 1. The Kier molecular flexibility index (Phi) is 5.14. The van der Waals surface area contributed by atoms with E-state index in [1.807, 2.05) is 48.5 Å². The Morgan fingerprint density at radius 2 is 1.76 bits per heavy atom. The molecular formula is C23H18ClN3O2. The molecule has 6 heteroatoms. The van der Waals surface area contributed by atoms with Crippen LogP contribution in [0.4, 0.5) is 5.69 Å². The molecule has 2 heterocycles. The SMILES string of the molecule is CN(C(=O)c1cc2cccnc2n(Cc2ccc(Cl)cc2)c1=O)c1ccccc1. The van der Waals surface area contributed by atoms with Crippen LogP contribution in [0, 0.1) is 0 Å². The molecule has 144 valence electrons. The van der Waals surface area contributed by atoms with Crippen molar-refractivity contribution in [2.24, 2.45) is 0 Å². The maximum atomic E-state index is 13.3. The first-order valence-corrected chi connectivity index (χ1v) is 9.48. The largest absolute Gasteiger partial charge is 0.311 e. The Balaban J connectivity index is 1.83. The molecule has 0 atom stereocenters. The summed E-state index contributed by atoms with van der Waals surface area (Å²) in [6.07, 6.45) is 1.64. The predicted molar refractivity (Wildman–Crippen MR) is 116 cm³/mol. The van der Waals surface area contributed by atoms with E-state index in [4.69, 9.17) is 11.6 Å². The molecule has 0 aliphatic carbocycles. The zero-order valence-corrected chi connectivity index (χ0v) is 16.5. The molecule has 0 unspecified atom stereocenters. The van der Waals surface area contributed by atoms with Crippen LogP contribution in [0.2, 0.25) is 5.02 Å². The van der Waals surface area contributed by atoms with Crippen LogP contribution < -0.4 is 10.5 Å². The van der Waals surface area contributed by atoms with Gasteiger partial charge in [0.2, 0.25) is 0 Å². The van der Waals surface area contributed by atoms with Gasteiger partial charge in [-0.2, -0.15) is 0 Å². The van der Waals surface area contributed by atoms with Gasteiger partial charge in [0, 0.05) is 29.3 Å². The van der Waals surface area contributed by atoms with Gasteiger partial charge in [0.15, 0.2) is 0 Å². The molecule has 0 N–H and O–H groups in total. The number of amides is 1. The molecule has 0 saturated carbocycles. The Morgan fingerprint density at radius 3 is 2.48 bits per heavy atom. The summed E-state index contributed by atoms with van der Waals surface area (Å²) in [5.74, 6) is -0.364. The number of hydrogen-bond acceptors (Lipinski definition) is 3. The van der Waals surface area contributed by atoms with E-state index >= 15 is 0 Å². The summed E-state index contributed by atoms with van der Waals surface area (Å²) in [6, 6.07) is 21.7. The van der Waals surface area contributed by atoms with Crippen molar-refractivity contribution in [3.05, 3.63) is 105 Å². The van der Waals surface area contributed by atoms with Crippen molar-refractivity contribution >= 4 is 34.2 Å². The van der Waals surface area contributed by atoms with Crippen LogP contribution in [0.5, 0.6) is 0 Å². The molecule has 0 aliphatic rings. The zero-order valence-electron chi connectivity index (χ0n) is 15.7. The highest BCUT2D eigenvalue weighted by atomic mass is 35.5. The fraction of sp³-hybridized carbons (Fsp3) is 0.0870. The molecule has 4 rings (SSSR count). The van der Waals surface area contributed by atoms with Crippen molar-refractivity contribution in [2.45, 2.75) is 6.54 Å². The summed E-state index contributed by atoms with van der Waals surface area (Å²) in [5, 5.41) is 1.35. The third-order valence-corrected chi connectivity index (χ3v) is 5.03. The third kappa shape index (κ3) is 3.77. The van der Waals surface area contributed by atoms with E-state index < -0.39 is 0 Å². The third-order valence-electron chi connectivity index (χ3n) is 4.78. The molecule has 29 heavy (non-hydrogen) atoms. The summed E-state index contributed by atoms with van der Waals surface area (Å²) in [6.45, 7) is 0.291. The summed E-state index contributed by atoms with van der Waals surface area (Å²) < 4.78 is 1.53. The number of hydrogen-bond donors (Lipinski definition) is 0. The minimum Gasteiger partial charge on any atom is -0.311 e. The van der Waals surface area contributed by atoms with Crippen molar-refractivity contribution in [1.82, 2.24) is 9.55 Å². The number of halogens is 1. The van der Waals surface area contributed by atoms with Gasteiger partial charge in [0.1, 0.15) is 11.2 Å². The molecule has 0 fully saturated rings. The standard InChI is InChI=1S/C23H18ClN3O2/c1-26(19-7-3-2-4-8-19)22(28)20-14-17-6-5-13-25-21(17)27(23(20)29)15-16-9-11-18(24)12-10-16/h2-14H,15H2,1H3. The molecule has 2 aromatic heterocycles. The highest BCUT2D eigenvalue weighted by Gasteiger charge is 2.20. The maximum Gasteiger partial charge on any atom is 0.265 e. The molecule has 5 nitrogen and oxygen atoms in total. The molecule has 0 saturated heterocycles. The van der Waals surface area contributed by atoms with Gasteiger partial charge < -0.3 is 4.90 Å². The zero-order chi connectivity index (χ0) is 20.4. The number of nitrogens with zero attached hydrogens (tertiary/aromatic N) is 3. The Morgan fingerprint density at radius 1 is 1.03 bits per heavy atom. The number of aromatic nitrogens is 2. The monoisotopic (exact) mass is 403 g/mol. The molecule has 0 bridgehead atoms. The molecule has 2 aromatic carbocycles. The van der Waals surface area contributed by atoms with Gasteiger partial charge in [-0.3, -0.25) is 14.2 Å². The lowest BCUT2D eigenvalue weighted by molar-refractivity contribution is 0.0991. The van der Waals surface area contributed by atoms with Gasteiger partial charge >= 0.3 is 0 Å². The Labute approximate surface area is 172 Å². The number of anilines is 1. The number of rotatable bonds is 4. The number of pyridine rings is 2. The first-order chi connectivity index (χ1) is 14.0. The van der Waals surface area contributed by atoms with E-state index in [-0.39, 0.29) is 17.0 Å². The smallest absolute Gasteiger partial charge is 0.265 e. The average Bonchev–Trinajstić information content (AvgIpc) is 2.76. The second-order valence-electron chi connectivity index (χ2n) is 6.69. The van der Waals surface area contributed by atoms with Gasteiger partial charge in [0.05, 0.1) is 6.54 Å².